The zero-order valence-electron chi connectivity index (χ0n) is 12.6. The minimum absolute atomic E-state index is 0.185. The number of aromatic nitrogens is 2. The Balaban J connectivity index is 1.73. The highest BCUT2D eigenvalue weighted by atomic mass is 16.2. The van der Waals surface area contributed by atoms with Gasteiger partial charge in [0.1, 0.15) is 0 Å². The van der Waals surface area contributed by atoms with E-state index in [-0.39, 0.29) is 24.9 Å². The molecule has 1 aromatic rings. The van der Waals surface area contributed by atoms with E-state index in [2.05, 4.69) is 10.4 Å². The third-order valence-electron chi connectivity index (χ3n) is 4.44. The van der Waals surface area contributed by atoms with Crippen molar-refractivity contribution in [2.24, 2.45) is 0 Å². The van der Waals surface area contributed by atoms with Gasteiger partial charge in [0, 0.05) is 6.20 Å². The highest BCUT2D eigenvalue weighted by Crippen LogP contribution is 2.28. The van der Waals surface area contributed by atoms with E-state index in [1.807, 2.05) is 16.9 Å². The Bertz CT molecular complexity index is 558. The molecule has 1 aliphatic heterocycles. The van der Waals surface area contributed by atoms with Crippen LogP contribution in [0.1, 0.15) is 51.3 Å². The number of piperazine rings is 1. The Morgan fingerprint density at radius 2 is 2.05 bits per heavy atom. The molecule has 6 nitrogen and oxygen atoms in total. The standard InChI is InChI=1S/C15H22N4O2/c1-15(2)14(21)18(13(20)9-16-15)10-11-7-8-19(17-11)12-5-3-4-6-12/h7-8,12,16H,3-6,9-10H2,1-2H3. The van der Waals surface area contributed by atoms with Gasteiger partial charge in [0.25, 0.3) is 0 Å². The lowest BCUT2D eigenvalue weighted by Crippen LogP contribution is -2.63. The van der Waals surface area contributed by atoms with Crippen LogP contribution in [-0.4, -0.2) is 38.6 Å². The number of hydrogen-bond acceptors (Lipinski definition) is 4. The zero-order chi connectivity index (χ0) is 15.0. The highest BCUT2D eigenvalue weighted by Gasteiger charge is 2.40. The van der Waals surface area contributed by atoms with Gasteiger partial charge in [-0.05, 0) is 32.8 Å². The van der Waals surface area contributed by atoms with Crippen molar-refractivity contribution in [3.63, 3.8) is 0 Å². The van der Waals surface area contributed by atoms with Crippen LogP contribution in [0.2, 0.25) is 0 Å². The molecule has 0 bridgehead atoms. The van der Waals surface area contributed by atoms with Gasteiger partial charge < -0.3 is 0 Å². The second kappa shape index (κ2) is 5.26. The fraction of sp³-hybridized carbons (Fsp3) is 0.667. The molecule has 1 saturated heterocycles. The topological polar surface area (TPSA) is 67.2 Å². The number of carbonyl (C=O) groups is 2. The first-order valence-electron chi connectivity index (χ1n) is 7.61. The zero-order valence-corrected chi connectivity index (χ0v) is 12.6. The van der Waals surface area contributed by atoms with Crippen LogP contribution in [0.25, 0.3) is 0 Å². The van der Waals surface area contributed by atoms with Crippen molar-refractivity contribution >= 4 is 11.8 Å². The van der Waals surface area contributed by atoms with Gasteiger partial charge in [-0.25, -0.2) is 0 Å². The maximum atomic E-state index is 12.3. The summed E-state index contributed by atoms with van der Waals surface area (Å²) >= 11 is 0. The van der Waals surface area contributed by atoms with E-state index >= 15 is 0 Å². The van der Waals surface area contributed by atoms with E-state index in [9.17, 15) is 9.59 Å². The highest BCUT2D eigenvalue weighted by molar-refractivity contribution is 6.02. The molecule has 2 aliphatic rings. The van der Waals surface area contributed by atoms with Gasteiger partial charge in [-0.3, -0.25) is 24.5 Å². The molecule has 6 heteroatoms. The minimum atomic E-state index is -0.693. The summed E-state index contributed by atoms with van der Waals surface area (Å²) in [4.78, 5) is 25.6. The summed E-state index contributed by atoms with van der Waals surface area (Å²) in [6.07, 6.45) is 6.80. The Morgan fingerprint density at radius 1 is 1.33 bits per heavy atom. The molecule has 0 atom stereocenters. The molecule has 2 amide bonds. The molecule has 1 saturated carbocycles. The monoisotopic (exact) mass is 290 g/mol. The molecule has 21 heavy (non-hydrogen) atoms. The van der Waals surface area contributed by atoms with Gasteiger partial charge in [0.15, 0.2) is 0 Å². The molecule has 1 aliphatic carbocycles. The number of nitrogens with zero attached hydrogens (tertiary/aromatic N) is 3. The molecule has 1 aromatic heterocycles. The van der Waals surface area contributed by atoms with E-state index in [0.29, 0.717) is 6.04 Å². The fourth-order valence-corrected chi connectivity index (χ4v) is 3.07. The van der Waals surface area contributed by atoms with Crippen LogP contribution in [0.4, 0.5) is 0 Å². The van der Waals surface area contributed by atoms with Crippen LogP contribution < -0.4 is 5.32 Å². The Hall–Kier alpha value is -1.69. The lowest BCUT2D eigenvalue weighted by Gasteiger charge is -2.36. The first kappa shape index (κ1) is 14.3. The van der Waals surface area contributed by atoms with Crippen LogP contribution in [0.3, 0.4) is 0 Å². The van der Waals surface area contributed by atoms with E-state index in [4.69, 9.17) is 0 Å². The summed E-state index contributed by atoms with van der Waals surface area (Å²) in [5.41, 5.74) is 0.0864. The molecule has 0 radical (unpaired) electrons. The van der Waals surface area contributed by atoms with E-state index in [0.717, 1.165) is 5.69 Å². The number of rotatable bonds is 3. The van der Waals surface area contributed by atoms with Gasteiger partial charge in [0.2, 0.25) is 11.8 Å². The lowest BCUT2D eigenvalue weighted by molar-refractivity contribution is -0.153. The first-order valence-corrected chi connectivity index (χ1v) is 7.61. The molecule has 3 rings (SSSR count). The number of hydrogen-bond donors (Lipinski definition) is 1. The quantitative estimate of drug-likeness (QED) is 0.850. The Kier molecular flexibility index (Phi) is 3.57. The predicted octanol–water partition coefficient (Wildman–Crippen LogP) is 1.24. The van der Waals surface area contributed by atoms with Crippen molar-refractivity contribution in [2.45, 2.75) is 57.7 Å². The van der Waals surface area contributed by atoms with Gasteiger partial charge in [-0.1, -0.05) is 12.8 Å². The van der Waals surface area contributed by atoms with Gasteiger partial charge in [-0.15, -0.1) is 0 Å². The van der Waals surface area contributed by atoms with E-state index < -0.39 is 5.54 Å². The van der Waals surface area contributed by atoms with Crippen molar-refractivity contribution in [3.8, 4) is 0 Å². The Morgan fingerprint density at radius 3 is 2.76 bits per heavy atom. The van der Waals surface area contributed by atoms with Gasteiger partial charge in [0.05, 0.1) is 30.4 Å². The van der Waals surface area contributed by atoms with Gasteiger partial charge >= 0.3 is 0 Å². The second-order valence-electron chi connectivity index (χ2n) is 6.49. The molecule has 2 heterocycles. The van der Waals surface area contributed by atoms with E-state index in [1.54, 1.807) is 13.8 Å². The summed E-state index contributed by atoms with van der Waals surface area (Å²) in [5, 5.41) is 7.51. The summed E-state index contributed by atoms with van der Waals surface area (Å²) in [6, 6.07) is 2.39. The number of imide groups is 1. The first-order chi connectivity index (χ1) is 9.97. The van der Waals surface area contributed by atoms with Crippen molar-refractivity contribution in [1.82, 2.24) is 20.0 Å². The smallest absolute Gasteiger partial charge is 0.249 e. The van der Waals surface area contributed by atoms with E-state index in [1.165, 1.54) is 30.6 Å². The van der Waals surface area contributed by atoms with Crippen LogP contribution in [-0.2, 0) is 16.1 Å². The summed E-state index contributed by atoms with van der Waals surface area (Å²) < 4.78 is 1.99. The van der Waals surface area contributed by atoms with Crippen LogP contribution in [0.5, 0.6) is 0 Å². The molecule has 0 unspecified atom stereocenters. The van der Waals surface area contributed by atoms with Crippen LogP contribution >= 0.6 is 0 Å². The molecule has 0 aromatic carbocycles. The maximum absolute atomic E-state index is 12.3. The molecule has 114 valence electrons. The van der Waals surface area contributed by atoms with Crippen molar-refractivity contribution in [1.29, 1.82) is 0 Å². The maximum Gasteiger partial charge on any atom is 0.249 e. The summed E-state index contributed by atoms with van der Waals surface area (Å²) in [7, 11) is 0. The summed E-state index contributed by atoms with van der Waals surface area (Å²) in [5.74, 6) is -0.371. The number of nitrogens with one attached hydrogen (secondary N) is 1. The molecule has 2 fully saturated rings. The largest absolute Gasteiger partial charge is 0.295 e. The third-order valence-corrected chi connectivity index (χ3v) is 4.44. The van der Waals surface area contributed by atoms with Crippen molar-refractivity contribution in [3.05, 3.63) is 18.0 Å². The van der Waals surface area contributed by atoms with Crippen molar-refractivity contribution < 1.29 is 9.59 Å². The molecule has 0 spiro atoms. The molecular weight excluding hydrogens is 268 g/mol. The average Bonchev–Trinajstić information content (AvgIpc) is 3.10. The Labute approximate surface area is 124 Å². The molecular formula is C15H22N4O2. The molecule has 1 N–H and O–H groups in total. The fourth-order valence-electron chi connectivity index (χ4n) is 3.07. The number of amides is 2. The minimum Gasteiger partial charge on any atom is -0.295 e. The lowest BCUT2D eigenvalue weighted by atomic mass is 10.0. The number of carbonyl (C=O) groups excluding carboxylic acids is 2. The van der Waals surface area contributed by atoms with Gasteiger partial charge in [-0.2, -0.15) is 5.10 Å². The van der Waals surface area contributed by atoms with Crippen LogP contribution in [0, 0.1) is 0 Å². The predicted molar refractivity (Wildman–Crippen MR) is 77.4 cm³/mol. The average molecular weight is 290 g/mol. The van der Waals surface area contributed by atoms with Crippen molar-refractivity contribution in [2.75, 3.05) is 6.54 Å². The summed E-state index contributed by atoms with van der Waals surface area (Å²) in [6.45, 7) is 4.06. The van der Waals surface area contributed by atoms with Crippen LogP contribution in [0.15, 0.2) is 12.3 Å². The SMILES string of the molecule is CC1(C)NCC(=O)N(Cc2ccn(C3CCCC3)n2)C1=O. The third kappa shape index (κ3) is 2.72. The normalized spacial score (nSPS) is 23.0. The second-order valence-corrected chi connectivity index (χ2v) is 6.49.